The van der Waals surface area contributed by atoms with Crippen LogP contribution in [0.2, 0.25) is 0 Å². The zero-order valence-corrected chi connectivity index (χ0v) is 21.5. The number of amides is 2. The summed E-state index contributed by atoms with van der Waals surface area (Å²) in [4.78, 5) is 28.3. The van der Waals surface area contributed by atoms with Crippen molar-refractivity contribution in [3.8, 4) is 5.69 Å². The van der Waals surface area contributed by atoms with Crippen molar-refractivity contribution in [2.24, 2.45) is 0 Å². The van der Waals surface area contributed by atoms with Gasteiger partial charge in [0.25, 0.3) is 5.91 Å². The molecule has 0 saturated heterocycles. The standard InChI is InChI=1S/C30H34N4O2/c1-5-6-18-33(29(36)24-17-16-22-12-10-11-13-23(22)19-24)21-28(35)31-27-20-26(30(2,3)4)32-34(27)25-14-8-7-9-15-25/h7-17,19-20H,5-6,18,21H2,1-4H3,(H,31,35). The maximum Gasteiger partial charge on any atom is 0.254 e. The van der Waals surface area contributed by atoms with Crippen molar-refractivity contribution in [3.05, 3.63) is 90.1 Å². The monoisotopic (exact) mass is 482 g/mol. The minimum absolute atomic E-state index is 0.0313. The molecule has 3 aromatic carbocycles. The third-order valence-electron chi connectivity index (χ3n) is 6.15. The summed E-state index contributed by atoms with van der Waals surface area (Å²) in [6, 6.07) is 25.3. The van der Waals surface area contributed by atoms with E-state index in [2.05, 4.69) is 33.0 Å². The molecule has 0 aliphatic rings. The van der Waals surface area contributed by atoms with E-state index >= 15 is 0 Å². The van der Waals surface area contributed by atoms with Gasteiger partial charge in [-0.05, 0) is 41.5 Å². The van der Waals surface area contributed by atoms with E-state index in [-0.39, 0.29) is 23.8 Å². The van der Waals surface area contributed by atoms with Gasteiger partial charge in [0, 0.05) is 23.6 Å². The molecule has 0 bridgehead atoms. The summed E-state index contributed by atoms with van der Waals surface area (Å²) in [6.45, 7) is 8.82. The maximum absolute atomic E-state index is 13.4. The Morgan fingerprint density at radius 1 is 0.917 bits per heavy atom. The highest BCUT2D eigenvalue weighted by Gasteiger charge is 2.23. The van der Waals surface area contributed by atoms with Crippen LogP contribution in [0.4, 0.5) is 5.82 Å². The van der Waals surface area contributed by atoms with Crippen LogP contribution in [0.1, 0.15) is 56.6 Å². The van der Waals surface area contributed by atoms with E-state index in [1.165, 1.54) is 0 Å². The van der Waals surface area contributed by atoms with Crippen molar-refractivity contribution < 1.29 is 9.59 Å². The SMILES string of the molecule is CCCCN(CC(=O)Nc1cc(C(C)(C)C)nn1-c1ccccc1)C(=O)c1ccc2ccccc2c1. The van der Waals surface area contributed by atoms with Crippen LogP contribution in [0.25, 0.3) is 16.5 Å². The number of fused-ring (bicyclic) bond motifs is 1. The molecule has 36 heavy (non-hydrogen) atoms. The quantitative estimate of drug-likeness (QED) is 0.325. The number of aromatic nitrogens is 2. The van der Waals surface area contributed by atoms with Crippen LogP contribution in [-0.2, 0) is 10.2 Å². The van der Waals surface area contributed by atoms with Gasteiger partial charge in [0.2, 0.25) is 5.91 Å². The molecule has 0 atom stereocenters. The molecule has 4 rings (SSSR count). The minimum Gasteiger partial charge on any atom is -0.329 e. The summed E-state index contributed by atoms with van der Waals surface area (Å²) >= 11 is 0. The molecule has 4 aromatic rings. The van der Waals surface area contributed by atoms with Crippen molar-refractivity contribution >= 4 is 28.4 Å². The third-order valence-corrected chi connectivity index (χ3v) is 6.15. The third kappa shape index (κ3) is 5.82. The summed E-state index contributed by atoms with van der Waals surface area (Å²) in [5.74, 6) is 0.193. The lowest BCUT2D eigenvalue weighted by Crippen LogP contribution is -2.39. The molecule has 6 nitrogen and oxygen atoms in total. The smallest absolute Gasteiger partial charge is 0.254 e. The number of unbranched alkanes of at least 4 members (excludes halogenated alkanes) is 1. The first kappa shape index (κ1) is 25.2. The number of hydrogen-bond acceptors (Lipinski definition) is 3. The van der Waals surface area contributed by atoms with Gasteiger partial charge < -0.3 is 10.2 Å². The van der Waals surface area contributed by atoms with Crippen molar-refractivity contribution in [1.82, 2.24) is 14.7 Å². The van der Waals surface area contributed by atoms with Gasteiger partial charge in [0.05, 0.1) is 11.4 Å². The Hall–Kier alpha value is -3.93. The zero-order chi connectivity index (χ0) is 25.7. The first-order chi connectivity index (χ1) is 17.3. The average Bonchev–Trinajstić information content (AvgIpc) is 3.30. The lowest BCUT2D eigenvalue weighted by Gasteiger charge is -2.22. The Bertz CT molecular complexity index is 1350. The summed E-state index contributed by atoms with van der Waals surface area (Å²) in [6.07, 6.45) is 1.75. The number of rotatable bonds is 8. The molecule has 0 spiro atoms. The molecular formula is C30H34N4O2. The predicted octanol–water partition coefficient (Wildman–Crippen LogP) is 6.20. The number of nitrogens with one attached hydrogen (secondary N) is 1. The summed E-state index contributed by atoms with van der Waals surface area (Å²) < 4.78 is 1.75. The summed E-state index contributed by atoms with van der Waals surface area (Å²) in [7, 11) is 0. The van der Waals surface area contributed by atoms with E-state index in [1.807, 2.05) is 78.9 Å². The van der Waals surface area contributed by atoms with Crippen LogP contribution < -0.4 is 5.32 Å². The number of para-hydroxylation sites is 1. The lowest BCUT2D eigenvalue weighted by atomic mass is 9.92. The van der Waals surface area contributed by atoms with Crippen LogP contribution >= 0.6 is 0 Å². The highest BCUT2D eigenvalue weighted by atomic mass is 16.2. The number of hydrogen-bond donors (Lipinski definition) is 1. The largest absolute Gasteiger partial charge is 0.329 e. The number of anilines is 1. The second kappa shape index (κ2) is 10.8. The molecule has 1 N–H and O–H groups in total. The van der Waals surface area contributed by atoms with Gasteiger partial charge in [0.15, 0.2) is 0 Å². The number of carbonyl (C=O) groups is 2. The fraction of sp³-hybridized carbons (Fsp3) is 0.300. The Balaban J connectivity index is 1.57. The van der Waals surface area contributed by atoms with Crippen LogP contribution in [-0.4, -0.2) is 39.6 Å². The van der Waals surface area contributed by atoms with E-state index in [9.17, 15) is 9.59 Å². The van der Waals surface area contributed by atoms with E-state index < -0.39 is 0 Å². The van der Waals surface area contributed by atoms with E-state index in [0.29, 0.717) is 17.9 Å². The molecule has 1 aromatic heterocycles. The van der Waals surface area contributed by atoms with Crippen LogP contribution in [0.15, 0.2) is 78.9 Å². The number of nitrogens with zero attached hydrogens (tertiary/aromatic N) is 3. The average molecular weight is 483 g/mol. The Kier molecular flexibility index (Phi) is 7.53. The molecule has 0 radical (unpaired) electrons. The molecule has 0 aliphatic carbocycles. The fourth-order valence-electron chi connectivity index (χ4n) is 4.06. The second-order valence-corrected chi connectivity index (χ2v) is 10.1. The molecule has 6 heteroatoms. The Labute approximate surface area is 212 Å². The normalized spacial score (nSPS) is 11.4. The first-order valence-corrected chi connectivity index (χ1v) is 12.5. The highest BCUT2D eigenvalue weighted by molar-refractivity contribution is 6.01. The lowest BCUT2D eigenvalue weighted by molar-refractivity contribution is -0.116. The van der Waals surface area contributed by atoms with Crippen molar-refractivity contribution in [2.75, 3.05) is 18.4 Å². The molecule has 0 unspecified atom stereocenters. The van der Waals surface area contributed by atoms with Crippen LogP contribution in [0.3, 0.4) is 0 Å². The van der Waals surface area contributed by atoms with Gasteiger partial charge in [-0.15, -0.1) is 0 Å². The fourth-order valence-corrected chi connectivity index (χ4v) is 4.06. The van der Waals surface area contributed by atoms with Gasteiger partial charge in [-0.1, -0.05) is 82.6 Å². The van der Waals surface area contributed by atoms with Crippen molar-refractivity contribution in [2.45, 2.75) is 46.0 Å². The molecule has 2 amide bonds. The van der Waals surface area contributed by atoms with Crippen LogP contribution in [0.5, 0.6) is 0 Å². The Morgan fingerprint density at radius 3 is 2.31 bits per heavy atom. The number of benzene rings is 3. The van der Waals surface area contributed by atoms with Crippen molar-refractivity contribution in [3.63, 3.8) is 0 Å². The van der Waals surface area contributed by atoms with E-state index in [0.717, 1.165) is 35.0 Å². The van der Waals surface area contributed by atoms with Crippen molar-refractivity contribution in [1.29, 1.82) is 0 Å². The number of carbonyl (C=O) groups excluding carboxylic acids is 2. The summed E-state index contributed by atoms with van der Waals surface area (Å²) in [5.41, 5.74) is 2.13. The topological polar surface area (TPSA) is 67.2 Å². The molecule has 0 aliphatic heterocycles. The van der Waals surface area contributed by atoms with Crippen LogP contribution in [0, 0.1) is 0 Å². The predicted molar refractivity (Wildman–Crippen MR) is 146 cm³/mol. The van der Waals surface area contributed by atoms with Gasteiger partial charge in [-0.3, -0.25) is 9.59 Å². The Morgan fingerprint density at radius 2 is 1.61 bits per heavy atom. The molecule has 0 fully saturated rings. The van der Waals surface area contributed by atoms with Gasteiger partial charge in [-0.25, -0.2) is 4.68 Å². The van der Waals surface area contributed by atoms with E-state index in [4.69, 9.17) is 5.10 Å². The minimum atomic E-state index is -0.252. The van der Waals surface area contributed by atoms with Gasteiger partial charge in [-0.2, -0.15) is 5.10 Å². The van der Waals surface area contributed by atoms with Gasteiger partial charge in [0.1, 0.15) is 12.4 Å². The zero-order valence-electron chi connectivity index (χ0n) is 21.5. The highest BCUT2D eigenvalue weighted by Crippen LogP contribution is 2.26. The maximum atomic E-state index is 13.4. The first-order valence-electron chi connectivity index (χ1n) is 12.5. The van der Waals surface area contributed by atoms with E-state index in [1.54, 1.807) is 9.58 Å². The molecular weight excluding hydrogens is 448 g/mol. The molecule has 186 valence electrons. The van der Waals surface area contributed by atoms with Gasteiger partial charge >= 0.3 is 0 Å². The summed E-state index contributed by atoms with van der Waals surface area (Å²) in [5, 5.41) is 9.86. The second-order valence-electron chi connectivity index (χ2n) is 10.1. The molecule has 1 heterocycles. The molecule has 0 saturated carbocycles.